The van der Waals surface area contributed by atoms with Gasteiger partial charge < -0.3 is 16.4 Å². The van der Waals surface area contributed by atoms with Gasteiger partial charge in [-0.1, -0.05) is 13.8 Å². The molecule has 0 rings (SSSR count). The Morgan fingerprint density at radius 2 is 1.92 bits per heavy atom. The van der Waals surface area contributed by atoms with Crippen LogP contribution in [0.2, 0.25) is 0 Å². The molecule has 7 heteroatoms. The van der Waals surface area contributed by atoms with Gasteiger partial charge in [-0.15, -0.1) is 0 Å². The van der Waals surface area contributed by atoms with E-state index in [1.165, 1.54) is 6.92 Å². The van der Waals surface area contributed by atoms with Gasteiger partial charge in [0, 0.05) is 0 Å². The lowest BCUT2D eigenvalue weighted by Gasteiger charge is -2.09. The molecule has 0 bridgehead atoms. The van der Waals surface area contributed by atoms with Crippen LogP contribution >= 0.6 is 7.60 Å². The van der Waals surface area contributed by atoms with Crippen molar-refractivity contribution in [3.05, 3.63) is 0 Å². The van der Waals surface area contributed by atoms with Gasteiger partial charge in [0.2, 0.25) is 0 Å². The van der Waals surface area contributed by atoms with E-state index >= 15 is 0 Å². The average Bonchev–Trinajstić information content (AvgIpc) is 1.89. The third-order valence-corrected chi connectivity index (χ3v) is 1.76. The Kier molecular flexibility index (Phi) is 7.22. The van der Waals surface area contributed by atoms with Crippen molar-refractivity contribution in [2.75, 3.05) is 0 Å². The van der Waals surface area contributed by atoms with Gasteiger partial charge >= 0.3 is 13.2 Å². The van der Waals surface area contributed by atoms with Gasteiger partial charge in [0.1, 0.15) is 6.23 Å². The summed E-state index contributed by atoms with van der Waals surface area (Å²) in [6, 6.07) is 0. The molecule has 5 N–H and O–H groups in total. The van der Waals surface area contributed by atoms with Gasteiger partial charge in [0.25, 0.3) is 0 Å². The van der Waals surface area contributed by atoms with Gasteiger partial charge in [-0.2, -0.15) is 0 Å². The van der Waals surface area contributed by atoms with E-state index in [0.29, 0.717) is 0 Å². The second-order valence-electron chi connectivity index (χ2n) is 1.67. The zero-order chi connectivity index (χ0) is 10.4. The lowest BCUT2D eigenvalue weighted by atomic mass is 10.7. The zero-order valence-electron chi connectivity index (χ0n) is 7.35. The number of carbonyl (C=O) groups excluding carboxylic acids is 1. The molecule has 0 aromatic rings. The summed E-state index contributed by atoms with van der Waals surface area (Å²) < 4.78 is 14.6. The first-order chi connectivity index (χ1) is 5.36. The molecule has 0 aliphatic rings. The van der Waals surface area contributed by atoms with Crippen LogP contribution in [0.1, 0.15) is 20.8 Å². The normalized spacial score (nSPS) is 16.8. The summed E-state index contributed by atoms with van der Waals surface area (Å²) >= 11 is 0. The molecule has 0 radical (unpaired) electrons. The Balaban J connectivity index is 0. The fraction of sp³-hybridized carbons (Fsp3) is 0.800. The third kappa shape index (κ3) is 6.30. The molecule has 12 heavy (non-hydrogen) atoms. The molecule has 0 fully saturated rings. The summed E-state index contributed by atoms with van der Waals surface area (Å²) in [4.78, 5) is 18.6. The highest BCUT2D eigenvalue weighted by Gasteiger charge is 2.28. The fourth-order valence-electron chi connectivity index (χ4n) is 0.277. The topological polar surface area (TPSA) is 116 Å². The van der Waals surface area contributed by atoms with Crippen LogP contribution in [0, 0.1) is 0 Å². The number of carbonyl (C=O) groups is 1. The number of rotatable bonds is 3. The van der Waals surface area contributed by atoms with Crippen molar-refractivity contribution in [1.29, 1.82) is 0 Å². The van der Waals surface area contributed by atoms with Gasteiger partial charge in [0.15, 0.2) is 0 Å². The lowest BCUT2D eigenvalue weighted by molar-refractivity contribution is 0.192. The maximum absolute atomic E-state index is 10.5. The van der Waals surface area contributed by atoms with Crippen LogP contribution < -0.4 is 11.5 Å². The number of primary amides is 1. The molecule has 6 nitrogen and oxygen atoms in total. The number of nitrogens with two attached hydrogens (primary N) is 2. The SMILES string of the molecule is CC.CC(N)OP(=O)(O)C(N)=O. The second-order valence-corrected chi connectivity index (χ2v) is 3.36. The quantitative estimate of drug-likeness (QED) is 0.453. The van der Waals surface area contributed by atoms with E-state index in [4.69, 9.17) is 10.6 Å². The Bertz CT molecular complexity index is 182. The first-order valence-corrected chi connectivity index (χ1v) is 5.01. The van der Waals surface area contributed by atoms with Gasteiger partial charge in [-0.05, 0) is 6.92 Å². The van der Waals surface area contributed by atoms with E-state index in [9.17, 15) is 9.36 Å². The first-order valence-electron chi connectivity index (χ1n) is 3.43. The zero-order valence-corrected chi connectivity index (χ0v) is 8.25. The van der Waals surface area contributed by atoms with Crippen LogP contribution in [0.5, 0.6) is 0 Å². The first kappa shape index (κ1) is 14.1. The summed E-state index contributed by atoms with van der Waals surface area (Å²) in [5, 5.41) is 0. The Morgan fingerprint density at radius 1 is 1.58 bits per heavy atom. The Hall–Kier alpha value is -0.420. The molecular weight excluding hydrogens is 183 g/mol. The molecule has 0 spiro atoms. The van der Waals surface area contributed by atoms with Crippen LogP contribution in [0.25, 0.3) is 0 Å². The maximum atomic E-state index is 10.5. The summed E-state index contributed by atoms with van der Waals surface area (Å²) in [5.41, 5.74) is 8.04. The van der Waals surface area contributed by atoms with Crippen LogP contribution in [-0.4, -0.2) is 16.8 Å². The van der Waals surface area contributed by atoms with Crippen molar-refractivity contribution in [2.24, 2.45) is 11.5 Å². The largest absolute Gasteiger partial charge is 0.416 e. The maximum Gasteiger partial charge on any atom is 0.416 e. The van der Waals surface area contributed by atoms with Crippen LogP contribution in [0.3, 0.4) is 0 Å². The highest BCUT2D eigenvalue weighted by atomic mass is 31.2. The van der Waals surface area contributed by atoms with E-state index < -0.39 is 19.5 Å². The van der Waals surface area contributed by atoms with Crippen LogP contribution in [0.4, 0.5) is 4.79 Å². The molecule has 0 aliphatic carbocycles. The summed E-state index contributed by atoms with van der Waals surface area (Å²) in [7, 11) is -4.31. The lowest BCUT2D eigenvalue weighted by Crippen LogP contribution is -2.21. The fourth-order valence-corrected chi connectivity index (χ4v) is 0.832. The third-order valence-electron chi connectivity index (χ3n) is 0.588. The van der Waals surface area contributed by atoms with Crippen LogP contribution in [0.15, 0.2) is 0 Å². The molecular formula is C5H15N2O4P. The molecule has 0 heterocycles. The smallest absolute Gasteiger partial charge is 0.359 e. The van der Waals surface area contributed by atoms with E-state index in [0.717, 1.165) is 0 Å². The standard InChI is InChI=1S/C3H9N2O4P.C2H6/c1-2(4)9-10(7,8)3(5)6;1-2/h2H,4H2,1H3,(H2,5,6)(H,7,8);1-2H3. The molecule has 0 saturated heterocycles. The molecule has 0 aromatic heterocycles. The van der Waals surface area contributed by atoms with Crippen LogP contribution in [-0.2, 0) is 9.09 Å². The van der Waals surface area contributed by atoms with Gasteiger partial charge in [0.05, 0.1) is 0 Å². The molecule has 74 valence electrons. The minimum absolute atomic E-state index is 0.983. The van der Waals surface area contributed by atoms with Crippen molar-refractivity contribution >= 4 is 13.2 Å². The predicted octanol–water partition coefficient (Wildman–Crippen LogP) is 0.598. The van der Waals surface area contributed by atoms with Crippen molar-refractivity contribution in [1.82, 2.24) is 0 Å². The molecule has 0 aromatic carbocycles. The monoisotopic (exact) mass is 198 g/mol. The predicted molar refractivity (Wildman–Crippen MR) is 45.5 cm³/mol. The highest BCUT2D eigenvalue weighted by molar-refractivity contribution is 7.70. The second kappa shape index (κ2) is 6.14. The average molecular weight is 198 g/mol. The summed E-state index contributed by atoms with van der Waals surface area (Å²) in [6.07, 6.45) is -0.983. The minimum atomic E-state index is -4.31. The highest BCUT2D eigenvalue weighted by Crippen LogP contribution is 2.41. The summed E-state index contributed by atoms with van der Waals surface area (Å²) in [5.74, 6) is 0. The summed E-state index contributed by atoms with van der Waals surface area (Å²) in [6.45, 7) is 5.31. The number of hydrogen-bond acceptors (Lipinski definition) is 4. The molecule has 0 aliphatic heterocycles. The van der Waals surface area contributed by atoms with Gasteiger partial charge in [-0.25, -0.2) is 4.57 Å². The van der Waals surface area contributed by atoms with E-state index in [1.54, 1.807) is 0 Å². The van der Waals surface area contributed by atoms with Crippen molar-refractivity contribution in [3.8, 4) is 0 Å². The van der Waals surface area contributed by atoms with E-state index in [-0.39, 0.29) is 0 Å². The molecule has 2 atom stereocenters. The Labute approximate surface area is 71.4 Å². The number of amides is 1. The number of hydrogen-bond donors (Lipinski definition) is 3. The molecule has 2 unspecified atom stereocenters. The van der Waals surface area contributed by atoms with E-state index in [1.807, 2.05) is 13.8 Å². The van der Waals surface area contributed by atoms with E-state index in [2.05, 4.69) is 10.3 Å². The Morgan fingerprint density at radius 3 is 2.00 bits per heavy atom. The van der Waals surface area contributed by atoms with Crippen molar-refractivity contribution in [3.63, 3.8) is 0 Å². The minimum Gasteiger partial charge on any atom is -0.359 e. The van der Waals surface area contributed by atoms with Crippen molar-refractivity contribution in [2.45, 2.75) is 27.0 Å². The molecule has 0 saturated carbocycles. The van der Waals surface area contributed by atoms with Gasteiger partial charge in [-0.3, -0.25) is 9.32 Å². The molecule has 1 amide bonds. The van der Waals surface area contributed by atoms with Crippen molar-refractivity contribution < 1.29 is 18.8 Å².